The number of aromatic nitrogens is 2. The number of hydrogen-bond donors (Lipinski definition) is 2. The van der Waals surface area contributed by atoms with Crippen molar-refractivity contribution < 1.29 is 14.2 Å². The molecule has 1 heterocycles. The lowest BCUT2D eigenvalue weighted by molar-refractivity contribution is 0.346. The first-order chi connectivity index (χ1) is 9.12. The number of benzene rings is 1. The van der Waals surface area contributed by atoms with E-state index in [1.165, 1.54) is 0 Å². The van der Waals surface area contributed by atoms with Gasteiger partial charge in [-0.3, -0.25) is 5.10 Å². The van der Waals surface area contributed by atoms with E-state index in [2.05, 4.69) is 26.1 Å². The van der Waals surface area contributed by atoms with Crippen LogP contribution in [0.4, 0.5) is 5.82 Å². The lowest BCUT2D eigenvalue weighted by Crippen LogP contribution is -1.97. The van der Waals surface area contributed by atoms with Crippen molar-refractivity contribution in [2.75, 3.05) is 27.1 Å². The van der Waals surface area contributed by atoms with E-state index < -0.39 is 0 Å². The summed E-state index contributed by atoms with van der Waals surface area (Å²) in [4.78, 5) is 0. The molecule has 2 aromatic rings. The Bertz CT molecular complexity index is 598. The molecule has 0 atom stereocenters. The van der Waals surface area contributed by atoms with Crippen LogP contribution in [-0.2, 0) is 0 Å². The molecule has 0 saturated heterocycles. The number of anilines is 1. The van der Waals surface area contributed by atoms with Crippen molar-refractivity contribution in [1.82, 2.24) is 10.2 Å². The molecule has 2 rings (SSSR count). The summed E-state index contributed by atoms with van der Waals surface area (Å²) in [7, 11) is 4.72. The van der Waals surface area contributed by atoms with E-state index in [1.54, 1.807) is 33.5 Å². The number of nitrogen functional groups attached to an aromatic ring is 1. The van der Waals surface area contributed by atoms with E-state index in [9.17, 15) is 0 Å². The number of hydrogen-bond acceptors (Lipinski definition) is 5. The Morgan fingerprint density at radius 3 is 2.26 bits per heavy atom. The minimum atomic E-state index is 0.406. The van der Waals surface area contributed by atoms with Gasteiger partial charge < -0.3 is 19.9 Å². The van der Waals surface area contributed by atoms with Crippen LogP contribution in [0.3, 0.4) is 0 Å². The number of H-pyrrole nitrogens is 1. The summed E-state index contributed by atoms with van der Waals surface area (Å²) < 4.78 is 16.7. The molecule has 0 spiro atoms. The second kappa shape index (κ2) is 5.40. The third-order valence-corrected chi connectivity index (χ3v) is 3.38. The van der Waals surface area contributed by atoms with Gasteiger partial charge in [0.05, 0.1) is 27.0 Å². The number of nitrogens with zero attached hydrogens (tertiary/aromatic N) is 1. The quantitative estimate of drug-likeness (QED) is 0.901. The van der Waals surface area contributed by atoms with Crippen molar-refractivity contribution >= 4 is 21.7 Å². The zero-order valence-corrected chi connectivity index (χ0v) is 12.4. The van der Waals surface area contributed by atoms with Crippen LogP contribution in [-0.4, -0.2) is 31.5 Å². The molecule has 1 aromatic carbocycles. The van der Waals surface area contributed by atoms with Crippen molar-refractivity contribution in [1.29, 1.82) is 0 Å². The van der Waals surface area contributed by atoms with Gasteiger partial charge in [0.2, 0.25) is 0 Å². The fourth-order valence-electron chi connectivity index (χ4n) is 1.81. The Balaban J connectivity index is 2.69. The maximum Gasteiger partial charge on any atom is 0.178 e. The van der Waals surface area contributed by atoms with Gasteiger partial charge in [-0.25, -0.2) is 0 Å². The molecule has 0 aliphatic carbocycles. The number of nitrogens with one attached hydrogen (secondary N) is 1. The molecule has 102 valence electrons. The molecule has 1 aromatic heterocycles. The molecule has 7 heteroatoms. The number of rotatable bonds is 4. The predicted octanol–water partition coefficient (Wildman–Crippen LogP) is 2.45. The molecule has 0 aliphatic heterocycles. The Morgan fingerprint density at radius 2 is 1.79 bits per heavy atom. The molecule has 0 unspecified atom stereocenters. The zero-order valence-electron chi connectivity index (χ0n) is 10.8. The van der Waals surface area contributed by atoms with Crippen molar-refractivity contribution in [3.05, 3.63) is 16.6 Å². The summed E-state index contributed by atoms with van der Waals surface area (Å²) in [5.74, 6) is 2.16. The van der Waals surface area contributed by atoms with Crippen LogP contribution in [0, 0.1) is 0 Å². The highest BCUT2D eigenvalue weighted by atomic mass is 79.9. The molecule has 0 aliphatic rings. The van der Waals surface area contributed by atoms with Gasteiger partial charge in [-0.1, -0.05) is 0 Å². The average Bonchev–Trinajstić information content (AvgIpc) is 2.84. The Labute approximate surface area is 119 Å². The van der Waals surface area contributed by atoms with Gasteiger partial charge in [0.25, 0.3) is 0 Å². The molecular formula is C12H14BrN3O3. The van der Waals surface area contributed by atoms with Gasteiger partial charge in [-0.05, 0) is 22.0 Å². The Morgan fingerprint density at radius 1 is 1.11 bits per heavy atom. The number of aromatic amines is 1. The highest BCUT2D eigenvalue weighted by Crippen LogP contribution is 2.47. The largest absolute Gasteiger partial charge is 0.495 e. The molecule has 0 amide bonds. The van der Waals surface area contributed by atoms with Crippen molar-refractivity contribution in [2.45, 2.75) is 0 Å². The molecule has 0 bridgehead atoms. The molecule has 6 nitrogen and oxygen atoms in total. The van der Waals surface area contributed by atoms with E-state index in [0.717, 1.165) is 11.3 Å². The van der Waals surface area contributed by atoms with Crippen LogP contribution in [0.1, 0.15) is 0 Å². The summed E-state index contributed by atoms with van der Waals surface area (Å²) in [5, 5.41) is 6.75. The van der Waals surface area contributed by atoms with Crippen molar-refractivity contribution in [2.24, 2.45) is 0 Å². The van der Waals surface area contributed by atoms with Crippen LogP contribution in [0.15, 0.2) is 16.6 Å². The first-order valence-corrected chi connectivity index (χ1v) is 6.21. The van der Waals surface area contributed by atoms with E-state index in [-0.39, 0.29) is 0 Å². The van der Waals surface area contributed by atoms with E-state index >= 15 is 0 Å². The average molecular weight is 328 g/mol. The third-order valence-electron chi connectivity index (χ3n) is 2.66. The fourth-order valence-corrected chi connectivity index (χ4v) is 2.54. The van der Waals surface area contributed by atoms with Crippen LogP contribution < -0.4 is 19.9 Å². The van der Waals surface area contributed by atoms with Gasteiger partial charge in [-0.2, -0.15) is 5.10 Å². The van der Waals surface area contributed by atoms with E-state index in [0.29, 0.717) is 27.5 Å². The van der Waals surface area contributed by atoms with Crippen LogP contribution in [0.2, 0.25) is 0 Å². The maximum absolute atomic E-state index is 5.62. The Hall–Kier alpha value is -1.89. The maximum atomic E-state index is 5.62. The first-order valence-electron chi connectivity index (χ1n) is 5.42. The van der Waals surface area contributed by atoms with Crippen molar-refractivity contribution in [3.8, 4) is 28.5 Å². The van der Waals surface area contributed by atoms with Crippen molar-refractivity contribution in [3.63, 3.8) is 0 Å². The lowest BCUT2D eigenvalue weighted by atomic mass is 10.1. The standard InChI is InChI=1S/C12H14BrN3O3/c1-17-8-4-6(7-5-9(14)16-15-7)11(18-2)10(13)12(8)19-3/h4-5H,1-3H3,(H3,14,15,16). The minimum Gasteiger partial charge on any atom is -0.495 e. The summed E-state index contributed by atoms with van der Waals surface area (Å²) in [6.45, 7) is 0. The topological polar surface area (TPSA) is 82.4 Å². The predicted molar refractivity (Wildman–Crippen MR) is 75.8 cm³/mol. The Kier molecular flexibility index (Phi) is 3.84. The number of halogens is 1. The second-order valence-corrected chi connectivity index (χ2v) is 4.51. The first kappa shape index (κ1) is 13.5. The molecule has 3 N–H and O–H groups in total. The zero-order chi connectivity index (χ0) is 14.0. The van der Waals surface area contributed by atoms with Gasteiger partial charge in [0.1, 0.15) is 16.0 Å². The molecule has 0 radical (unpaired) electrons. The monoisotopic (exact) mass is 327 g/mol. The van der Waals surface area contributed by atoms with Crippen LogP contribution in [0.25, 0.3) is 11.3 Å². The third kappa shape index (κ3) is 2.33. The summed E-state index contributed by atoms with van der Waals surface area (Å²) in [6, 6.07) is 3.52. The normalized spacial score (nSPS) is 10.3. The lowest BCUT2D eigenvalue weighted by Gasteiger charge is -2.15. The second-order valence-electron chi connectivity index (χ2n) is 3.71. The molecular weight excluding hydrogens is 314 g/mol. The summed E-state index contributed by atoms with van der Waals surface area (Å²) in [5.41, 5.74) is 7.13. The van der Waals surface area contributed by atoms with E-state index in [4.69, 9.17) is 19.9 Å². The van der Waals surface area contributed by atoms with Gasteiger partial charge in [-0.15, -0.1) is 0 Å². The van der Waals surface area contributed by atoms with Gasteiger partial charge in [0.15, 0.2) is 11.5 Å². The highest BCUT2D eigenvalue weighted by molar-refractivity contribution is 9.10. The molecule has 0 fully saturated rings. The number of nitrogens with two attached hydrogens (primary N) is 1. The highest BCUT2D eigenvalue weighted by Gasteiger charge is 2.20. The number of methoxy groups -OCH3 is 3. The molecule has 0 saturated carbocycles. The fraction of sp³-hybridized carbons (Fsp3) is 0.250. The SMILES string of the molecule is COc1cc(-c2cc(N)n[nH]2)c(OC)c(Br)c1OC. The van der Waals surface area contributed by atoms with E-state index in [1.807, 2.05) is 0 Å². The van der Waals surface area contributed by atoms with Crippen LogP contribution >= 0.6 is 15.9 Å². The summed E-state index contributed by atoms with van der Waals surface area (Å²) >= 11 is 3.45. The van der Waals surface area contributed by atoms with Crippen LogP contribution in [0.5, 0.6) is 17.2 Å². The smallest absolute Gasteiger partial charge is 0.178 e. The van der Waals surface area contributed by atoms with Gasteiger partial charge in [0, 0.05) is 11.6 Å². The number of ether oxygens (including phenoxy) is 3. The van der Waals surface area contributed by atoms with Gasteiger partial charge >= 0.3 is 0 Å². The molecule has 19 heavy (non-hydrogen) atoms. The summed E-state index contributed by atoms with van der Waals surface area (Å²) in [6.07, 6.45) is 0. The minimum absolute atomic E-state index is 0.406.